The molecule has 2 fully saturated rings. The molecule has 0 radical (unpaired) electrons. The van der Waals surface area contributed by atoms with Gasteiger partial charge in [0.25, 0.3) is 5.91 Å². The van der Waals surface area contributed by atoms with Crippen molar-refractivity contribution in [3.05, 3.63) is 35.4 Å². The minimum absolute atomic E-state index is 0.0443. The molecule has 0 bridgehead atoms. The molecule has 1 aromatic rings. The molecule has 2 aliphatic rings. The molecule has 3 amide bonds. The highest BCUT2D eigenvalue weighted by Crippen LogP contribution is 2.46. The van der Waals surface area contributed by atoms with Gasteiger partial charge in [0, 0.05) is 24.2 Å². The van der Waals surface area contributed by atoms with Crippen molar-refractivity contribution >= 4 is 23.6 Å². The molecular weight excluding hydrogens is 431 g/mol. The van der Waals surface area contributed by atoms with Crippen LogP contribution in [0.1, 0.15) is 28.8 Å². The van der Waals surface area contributed by atoms with Gasteiger partial charge in [-0.05, 0) is 25.0 Å². The first kappa shape index (κ1) is 23.2. The number of hydrogen-bond acceptors (Lipinski definition) is 5. The number of alkyl halides is 3. The number of amidine groups is 1. The first-order chi connectivity index (χ1) is 15.1. The molecule has 0 unspecified atom stereocenters. The fraction of sp³-hybridized carbons (Fsp3) is 0.450. The van der Waals surface area contributed by atoms with Crippen LogP contribution >= 0.6 is 0 Å². The summed E-state index contributed by atoms with van der Waals surface area (Å²) < 4.78 is 42.3. The van der Waals surface area contributed by atoms with E-state index >= 15 is 0 Å². The summed E-state index contributed by atoms with van der Waals surface area (Å²) in [5, 5.41) is 12.0. The van der Waals surface area contributed by atoms with E-state index < -0.39 is 35.3 Å². The molecule has 3 N–H and O–H groups in total. The zero-order chi connectivity index (χ0) is 23.5. The quantitative estimate of drug-likeness (QED) is 0.500. The number of ether oxygens (including phenoxy) is 1. The molecule has 1 saturated carbocycles. The van der Waals surface area contributed by atoms with Crippen molar-refractivity contribution in [2.45, 2.75) is 25.1 Å². The standard InChI is InChI=1S/C20H20F3N5O4/c21-20(22,23)17(30)27-15(25)12-1-3-13(4-2-12)16(29)26-9-14-10-32-8-7-28(14)18(31)19(11-24)5-6-19/h1-4,14H,5-10H2,(H,26,29)(H2,25,27,30)/t14-/m1/s1. The number of rotatable bonds is 5. The van der Waals surface area contributed by atoms with Gasteiger partial charge in [-0.1, -0.05) is 12.1 Å². The molecule has 1 aromatic carbocycles. The third-order valence-electron chi connectivity index (χ3n) is 5.27. The first-order valence-electron chi connectivity index (χ1n) is 9.71. The van der Waals surface area contributed by atoms with Crippen LogP contribution in [-0.4, -0.2) is 67.0 Å². The van der Waals surface area contributed by atoms with Gasteiger partial charge in [-0.25, -0.2) is 0 Å². The number of nitrogens with one attached hydrogen (secondary N) is 1. The minimum atomic E-state index is -5.13. The van der Waals surface area contributed by atoms with Crippen LogP contribution in [0, 0.1) is 16.7 Å². The number of carbonyl (C=O) groups is 3. The number of nitrogens with zero attached hydrogens (tertiary/aromatic N) is 3. The van der Waals surface area contributed by atoms with E-state index in [0.717, 1.165) is 0 Å². The van der Waals surface area contributed by atoms with Crippen molar-refractivity contribution in [3.63, 3.8) is 0 Å². The van der Waals surface area contributed by atoms with Crippen LogP contribution in [0.15, 0.2) is 29.3 Å². The Hall–Kier alpha value is -3.46. The van der Waals surface area contributed by atoms with Crippen LogP contribution in [0.4, 0.5) is 13.2 Å². The molecule has 12 heteroatoms. The van der Waals surface area contributed by atoms with Crippen LogP contribution in [0.5, 0.6) is 0 Å². The second-order valence-corrected chi connectivity index (χ2v) is 7.51. The van der Waals surface area contributed by atoms with E-state index in [0.29, 0.717) is 26.0 Å². The normalized spacial score (nSPS) is 20.2. The van der Waals surface area contributed by atoms with Gasteiger partial charge in [-0.3, -0.25) is 14.4 Å². The summed E-state index contributed by atoms with van der Waals surface area (Å²) in [5.74, 6) is -3.69. The van der Waals surface area contributed by atoms with Crippen molar-refractivity contribution in [2.24, 2.45) is 16.1 Å². The maximum atomic E-state index is 12.7. The fourth-order valence-electron chi connectivity index (χ4n) is 3.21. The van der Waals surface area contributed by atoms with Gasteiger partial charge in [0.2, 0.25) is 5.91 Å². The molecule has 0 spiro atoms. The second-order valence-electron chi connectivity index (χ2n) is 7.51. The lowest BCUT2D eigenvalue weighted by molar-refractivity contribution is -0.169. The summed E-state index contributed by atoms with van der Waals surface area (Å²) >= 11 is 0. The SMILES string of the molecule is N#CC1(C(=O)N2CCOC[C@H]2CNC(=O)c2ccc(C(N)=NC(=O)C(F)(F)F)cc2)CC1. The number of aliphatic imine (C=N–C) groups is 1. The van der Waals surface area contributed by atoms with Crippen molar-refractivity contribution in [3.8, 4) is 6.07 Å². The van der Waals surface area contributed by atoms with Gasteiger partial charge in [-0.2, -0.15) is 23.4 Å². The molecular formula is C20H20F3N5O4. The Kier molecular flexibility index (Phi) is 6.50. The topological polar surface area (TPSA) is 138 Å². The van der Waals surface area contributed by atoms with Crippen molar-refractivity contribution in [1.82, 2.24) is 10.2 Å². The third-order valence-corrected chi connectivity index (χ3v) is 5.27. The summed E-state index contributed by atoms with van der Waals surface area (Å²) in [6, 6.07) is 6.81. The van der Waals surface area contributed by atoms with Crippen molar-refractivity contribution < 1.29 is 32.3 Å². The number of nitrogens with two attached hydrogens (primary N) is 1. The predicted octanol–water partition coefficient (Wildman–Crippen LogP) is 0.742. The molecule has 9 nitrogen and oxygen atoms in total. The Morgan fingerprint density at radius 1 is 1.25 bits per heavy atom. The maximum absolute atomic E-state index is 12.7. The molecule has 3 rings (SSSR count). The van der Waals surface area contributed by atoms with E-state index in [1.54, 1.807) is 4.90 Å². The average molecular weight is 451 g/mol. The monoisotopic (exact) mass is 451 g/mol. The summed E-state index contributed by atoms with van der Waals surface area (Å²) in [6.45, 7) is 0.982. The zero-order valence-corrected chi connectivity index (χ0v) is 16.8. The highest BCUT2D eigenvalue weighted by molar-refractivity contribution is 6.05. The highest BCUT2D eigenvalue weighted by atomic mass is 19.4. The van der Waals surface area contributed by atoms with Gasteiger partial charge in [0.05, 0.1) is 25.3 Å². The average Bonchev–Trinajstić information content (AvgIpc) is 3.58. The highest BCUT2D eigenvalue weighted by Gasteiger charge is 2.53. The van der Waals surface area contributed by atoms with E-state index in [2.05, 4.69) is 16.4 Å². The second kappa shape index (κ2) is 8.96. The Bertz CT molecular complexity index is 980. The summed E-state index contributed by atoms with van der Waals surface area (Å²) in [7, 11) is 0. The van der Waals surface area contributed by atoms with Crippen LogP contribution in [0.25, 0.3) is 0 Å². The first-order valence-corrected chi connectivity index (χ1v) is 9.71. The molecule has 1 aliphatic carbocycles. The Labute approximate surface area is 181 Å². The number of halogens is 3. The maximum Gasteiger partial charge on any atom is 0.473 e. The summed E-state index contributed by atoms with van der Waals surface area (Å²) in [4.78, 5) is 40.4. The lowest BCUT2D eigenvalue weighted by Crippen LogP contribution is -2.55. The number of carbonyl (C=O) groups excluding carboxylic acids is 3. The third kappa shape index (κ3) is 5.05. The largest absolute Gasteiger partial charge is 0.473 e. The Morgan fingerprint density at radius 3 is 2.44 bits per heavy atom. The Balaban J connectivity index is 1.61. The number of morpholine rings is 1. The molecule has 0 aromatic heterocycles. The van der Waals surface area contributed by atoms with E-state index in [4.69, 9.17) is 10.5 Å². The van der Waals surface area contributed by atoms with Crippen LogP contribution in [0.3, 0.4) is 0 Å². The Morgan fingerprint density at radius 2 is 1.88 bits per heavy atom. The molecule has 1 aliphatic heterocycles. The van der Waals surface area contributed by atoms with Gasteiger partial charge < -0.3 is 20.7 Å². The minimum Gasteiger partial charge on any atom is -0.383 e. The molecule has 1 saturated heterocycles. The zero-order valence-electron chi connectivity index (χ0n) is 16.8. The predicted molar refractivity (Wildman–Crippen MR) is 104 cm³/mol. The van der Waals surface area contributed by atoms with Crippen LogP contribution < -0.4 is 11.1 Å². The number of hydrogen-bond donors (Lipinski definition) is 2. The van der Waals surface area contributed by atoms with Gasteiger partial charge >= 0.3 is 12.1 Å². The van der Waals surface area contributed by atoms with Gasteiger partial charge in [0.1, 0.15) is 11.3 Å². The fourth-order valence-corrected chi connectivity index (χ4v) is 3.21. The van der Waals surface area contributed by atoms with E-state index in [1.165, 1.54) is 24.3 Å². The van der Waals surface area contributed by atoms with Crippen molar-refractivity contribution in [2.75, 3.05) is 26.3 Å². The van der Waals surface area contributed by atoms with Gasteiger partial charge in [0.15, 0.2) is 0 Å². The molecule has 1 atom stereocenters. The van der Waals surface area contributed by atoms with E-state index in [1.807, 2.05) is 0 Å². The summed E-state index contributed by atoms with van der Waals surface area (Å²) in [6.07, 6.45) is -4.09. The number of benzene rings is 1. The van der Waals surface area contributed by atoms with Gasteiger partial charge in [-0.15, -0.1) is 0 Å². The number of amides is 3. The molecule has 32 heavy (non-hydrogen) atoms. The van der Waals surface area contributed by atoms with Crippen LogP contribution in [0.2, 0.25) is 0 Å². The molecule has 170 valence electrons. The molecule has 1 heterocycles. The van der Waals surface area contributed by atoms with E-state index in [-0.39, 0.29) is 30.2 Å². The lowest BCUT2D eigenvalue weighted by Gasteiger charge is -2.36. The van der Waals surface area contributed by atoms with E-state index in [9.17, 15) is 32.8 Å². The van der Waals surface area contributed by atoms with Crippen molar-refractivity contribution in [1.29, 1.82) is 5.26 Å². The smallest absolute Gasteiger partial charge is 0.383 e. The number of nitriles is 1. The summed E-state index contributed by atoms with van der Waals surface area (Å²) in [5.41, 5.74) is 4.69. The van der Waals surface area contributed by atoms with Crippen LogP contribution in [-0.2, 0) is 14.3 Å². The lowest BCUT2D eigenvalue weighted by atomic mass is 10.1.